The lowest BCUT2D eigenvalue weighted by Crippen LogP contribution is -2.21. The Morgan fingerprint density at radius 2 is 1.12 bits per heavy atom. The maximum absolute atomic E-state index is 2.38. The fraction of sp³-hybridized carbons (Fsp3) is 0.571. The Morgan fingerprint density at radius 3 is 1.25 bits per heavy atom. The van der Waals surface area contributed by atoms with E-state index in [9.17, 15) is 0 Å². The molecular formula is C14H26ClN. The number of benzene rings is 1. The maximum Gasteiger partial charge on any atom is -0.00474 e. The van der Waals surface area contributed by atoms with Gasteiger partial charge in [-0.25, -0.2) is 0 Å². The highest BCUT2D eigenvalue weighted by Gasteiger charge is 1.89. The average molecular weight is 244 g/mol. The van der Waals surface area contributed by atoms with E-state index in [2.05, 4.69) is 63.8 Å². The van der Waals surface area contributed by atoms with Gasteiger partial charge in [-0.15, -0.1) is 12.4 Å². The van der Waals surface area contributed by atoms with Crippen LogP contribution in [0, 0.1) is 13.8 Å². The van der Waals surface area contributed by atoms with Crippen molar-refractivity contribution >= 4 is 12.4 Å². The van der Waals surface area contributed by atoms with Crippen LogP contribution in [-0.4, -0.2) is 24.5 Å². The molecule has 0 N–H and O–H groups in total. The number of hydrogen-bond acceptors (Lipinski definition) is 1. The summed E-state index contributed by atoms with van der Waals surface area (Å²) in [6.07, 6.45) is 0. The van der Waals surface area contributed by atoms with Crippen LogP contribution in [0.25, 0.3) is 0 Å². The van der Waals surface area contributed by atoms with Crippen molar-refractivity contribution in [3.05, 3.63) is 35.4 Å². The summed E-state index contributed by atoms with van der Waals surface area (Å²) in [5.74, 6) is 0. The number of aryl methyl sites for hydroxylation is 2. The normalized spacial score (nSPS) is 9.12. The molecule has 0 spiro atoms. The summed E-state index contributed by atoms with van der Waals surface area (Å²) in [4.78, 5) is 2.38. The summed E-state index contributed by atoms with van der Waals surface area (Å²) in [6.45, 7) is 14.4. The van der Waals surface area contributed by atoms with Gasteiger partial charge in [-0.05, 0) is 44.6 Å². The van der Waals surface area contributed by atoms with E-state index in [-0.39, 0.29) is 12.4 Å². The Labute approximate surface area is 107 Å². The van der Waals surface area contributed by atoms with Crippen molar-refractivity contribution in [1.29, 1.82) is 0 Å². The van der Waals surface area contributed by atoms with Crippen LogP contribution in [0.2, 0.25) is 0 Å². The molecule has 0 aliphatic carbocycles. The summed E-state index contributed by atoms with van der Waals surface area (Å²) >= 11 is 0. The van der Waals surface area contributed by atoms with Gasteiger partial charge in [0.25, 0.3) is 0 Å². The van der Waals surface area contributed by atoms with E-state index in [1.807, 2.05) is 0 Å². The van der Waals surface area contributed by atoms with E-state index in [1.165, 1.54) is 30.8 Å². The van der Waals surface area contributed by atoms with E-state index in [1.54, 1.807) is 0 Å². The molecule has 0 amide bonds. The molecule has 16 heavy (non-hydrogen) atoms. The Balaban J connectivity index is 0. The van der Waals surface area contributed by atoms with Crippen LogP contribution in [0.1, 0.15) is 31.9 Å². The fourth-order valence-corrected chi connectivity index (χ4v) is 1.33. The summed E-state index contributed by atoms with van der Waals surface area (Å²) in [7, 11) is 0. The Hall–Kier alpha value is -0.530. The number of nitrogens with zero attached hydrogens (tertiary/aromatic N) is 1. The molecule has 0 aromatic heterocycles. The van der Waals surface area contributed by atoms with E-state index in [0.29, 0.717) is 0 Å². The van der Waals surface area contributed by atoms with Crippen molar-refractivity contribution in [1.82, 2.24) is 4.90 Å². The van der Waals surface area contributed by atoms with E-state index in [0.717, 1.165) is 0 Å². The van der Waals surface area contributed by atoms with E-state index >= 15 is 0 Å². The highest BCUT2D eigenvalue weighted by Crippen LogP contribution is 2.02. The molecule has 0 atom stereocenters. The summed E-state index contributed by atoms with van der Waals surface area (Å²) < 4.78 is 0. The molecule has 0 bridgehead atoms. The van der Waals surface area contributed by atoms with E-state index < -0.39 is 0 Å². The van der Waals surface area contributed by atoms with Crippen molar-refractivity contribution in [2.45, 2.75) is 34.6 Å². The highest BCUT2D eigenvalue weighted by molar-refractivity contribution is 5.85. The number of halogens is 1. The molecule has 1 aromatic carbocycles. The van der Waals surface area contributed by atoms with Crippen LogP contribution in [0.4, 0.5) is 0 Å². The minimum absolute atomic E-state index is 0. The van der Waals surface area contributed by atoms with Gasteiger partial charge in [0.05, 0.1) is 0 Å². The van der Waals surface area contributed by atoms with Crippen molar-refractivity contribution in [2.75, 3.05) is 19.6 Å². The van der Waals surface area contributed by atoms with Crippen LogP contribution < -0.4 is 0 Å². The van der Waals surface area contributed by atoms with Gasteiger partial charge in [0.2, 0.25) is 0 Å². The maximum atomic E-state index is 2.38. The molecule has 0 saturated heterocycles. The molecule has 0 heterocycles. The third kappa shape index (κ3) is 7.72. The second kappa shape index (κ2) is 11.0. The largest absolute Gasteiger partial charge is 0.304 e. The van der Waals surface area contributed by atoms with Gasteiger partial charge < -0.3 is 4.90 Å². The van der Waals surface area contributed by atoms with Crippen LogP contribution in [0.3, 0.4) is 0 Å². The molecular weight excluding hydrogens is 218 g/mol. The number of hydrogen-bond donors (Lipinski definition) is 0. The highest BCUT2D eigenvalue weighted by atomic mass is 35.5. The van der Waals surface area contributed by atoms with Gasteiger partial charge >= 0.3 is 0 Å². The first-order valence-electron chi connectivity index (χ1n) is 5.90. The van der Waals surface area contributed by atoms with Crippen molar-refractivity contribution in [3.63, 3.8) is 0 Å². The third-order valence-electron chi connectivity index (χ3n) is 2.77. The predicted molar refractivity (Wildman–Crippen MR) is 76.6 cm³/mol. The SMILES string of the molecule is CCN(CC)CC.Cc1ccccc1C.Cl. The van der Waals surface area contributed by atoms with Gasteiger partial charge in [-0.1, -0.05) is 45.0 Å². The third-order valence-corrected chi connectivity index (χ3v) is 2.77. The standard InChI is InChI=1S/C8H10.C6H15N.ClH/c1-7-5-3-4-6-8(7)2;1-4-7(5-2)6-3;/h3-6H,1-2H3;4-6H2,1-3H3;1H. The molecule has 94 valence electrons. The monoisotopic (exact) mass is 243 g/mol. The minimum atomic E-state index is 0. The zero-order valence-corrected chi connectivity index (χ0v) is 12.1. The van der Waals surface area contributed by atoms with Crippen LogP contribution in [0.15, 0.2) is 24.3 Å². The van der Waals surface area contributed by atoms with Gasteiger partial charge in [0.1, 0.15) is 0 Å². The van der Waals surface area contributed by atoms with E-state index in [4.69, 9.17) is 0 Å². The molecule has 0 fully saturated rings. The molecule has 1 rings (SSSR count). The molecule has 0 unspecified atom stereocenters. The van der Waals surface area contributed by atoms with Crippen LogP contribution in [0.5, 0.6) is 0 Å². The molecule has 0 aliphatic rings. The summed E-state index contributed by atoms with van der Waals surface area (Å²) in [5, 5.41) is 0. The second-order valence-electron chi connectivity index (χ2n) is 3.70. The Bertz CT molecular complexity index is 230. The molecule has 0 aliphatic heterocycles. The van der Waals surface area contributed by atoms with Crippen molar-refractivity contribution in [2.24, 2.45) is 0 Å². The number of rotatable bonds is 3. The topological polar surface area (TPSA) is 3.24 Å². The Morgan fingerprint density at radius 1 is 0.812 bits per heavy atom. The van der Waals surface area contributed by atoms with Gasteiger partial charge in [0, 0.05) is 0 Å². The molecule has 2 heteroatoms. The average Bonchev–Trinajstić information content (AvgIpc) is 2.26. The minimum Gasteiger partial charge on any atom is -0.304 e. The van der Waals surface area contributed by atoms with Gasteiger partial charge in [0.15, 0.2) is 0 Å². The lowest BCUT2D eigenvalue weighted by atomic mass is 10.1. The first-order valence-corrected chi connectivity index (χ1v) is 5.90. The quantitative estimate of drug-likeness (QED) is 0.774. The zero-order valence-electron chi connectivity index (χ0n) is 11.3. The first kappa shape index (κ1) is 17.9. The predicted octanol–water partition coefficient (Wildman–Crippen LogP) is 4.07. The second-order valence-corrected chi connectivity index (χ2v) is 3.70. The molecule has 1 aromatic rings. The summed E-state index contributed by atoms with van der Waals surface area (Å²) in [5.41, 5.74) is 2.74. The smallest absolute Gasteiger partial charge is 0.00474 e. The zero-order chi connectivity index (χ0) is 11.7. The van der Waals surface area contributed by atoms with Crippen LogP contribution >= 0.6 is 12.4 Å². The van der Waals surface area contributed by atoms with Crippen LogP contribution in [-0.2, 0) is 0 Å². The van der Waals surface area contributed by atoms with Crippen molar-refractivity contribution < 1.29 is 0 Å². The Kier molecular flexibility index (Phi) is 12.2. The van der Waals surface area contributed by atoms with Gasteiger partial charge in [-0.3, -0.25) is 0 Å². The first-order chi connectivity index (χ1) is 7.15. The molecule has 1 nitrogen and oxygen atoms in total. The fourth-order valence-electron chi connectivity index (χ4n) is 1.33. The lowest BCUT2D eigenvalue weighted by molar-refractivity contribution is 0.321. The summed E-state index contributed by atoms with van der Waals surface area (Å²) in [6, 6.07) is 8.36. The lowest BCUT2D eigenvalue weighted by Gasteiger charge is -2.13. The molecule has 0 radical (unpaired) electrons. The van der Waals surface area contributed by atoms with Gasteiger partial charge in [-0.2, -0.15) is 0 Å². The molecule has 0 saturated carbocycles. The van der Waals surface area contributed by atoms with Crippen molar-refractivity contribution in [3.8, 4) is 0 Å².